The molecule has 1 fully saturated rings. The van der Waals surface area contributed by atoms with Crippen LogP contribution in [0.15, 0.2) is 48.5 Å². The SMILES string of the molecule is O=C(c1cccc(N2C(=O)CCS2(=O)=O)c1)N1CCc2ccccc21. The smallest absolute Gasteiger partial charge is 0.258 e. The molecule has 0 spiro atoms. The molecule has 2 aliphatic rings. The fourth-order valence-corrected chi connectivity index (χ4v) is 4.79. The van der Waals surface area contributed by atoms with Crippen molar-refractivity contribution in [2.45, 2.75) is 12.8 Å². The summed E-state index contributed by atoms with van der Waals surface area (Å²) in [5, 5.41) is 0. The number of carbonyl (C=O) groups excluding carboxylic acids is 2. The van der Waals surface area contributed by atoms with Crippen LogP contribution in [0.2, 0.25) is 0 Å². The lowest BCUT2D eigenvalue weighted by molar-refractivity contribution is -0.116. The number of sulfonamides is 1. The Kier molecular flexibility index (Phi) is 3.61. The molecule has 0 N–H and O–H groups in total. The van der Waals surface area contributed by atoms with E-state index in [9.17, 15) is 18.0 Å². The molecule has 128 valence electrons. The summed E-state index contributed by atoms with van der Waals surface area (Å²) >= 11 is 0. The van der Waals surface area contributed by atoms with Crippen LogP contribution >= 0.6 is 0 Å². The summed E-state index contributed by atoms with van der Waals surface area (Å²) in [6.07, 6.45) is 0.764. The van der Waals surface area contributed by atoms with Crippen LogP contribution in [0, 0.1) is 0 Å². The van der Waals surface area contributed by atoms with E-state index in [-0.39, 0.29) is 23.8 Å². The van der Waals surface area contributed by atoms with Crippen molar-refractivity contribution in [3.63, 3.8) is 0 Å². The Morgan fingerprint density at radius 2 is 1.80 bits per heavy atom. The van der Waals surface area contributed by atoms with Crippen LogP contribution in [-0.2, 0) is 21.2 Å². The first kappa shape index (κ1) is 15.8. The molecular weight excluding hydrogens is 340 g/mol. The molecular formula is C18H16N2O4S. The van der Waals surface area contributed by atoms with E-state index in [0.29, 0.717) is 12.1 Å². The normalized spacial score (nSPS) is 18.5. The van der Waals surface area contributed by atoms with Crippen molar-refractivity contribution in [2.24, 2.45) is 0 Å². The van der Waals surface area contributed by atoms with Crippen LogP contribution < -0.4 is 9.21 Å². The molecule has 0 saturated carbocycles. The van der Waals surface area contributed by atoms with Gasteiger partial charge in [0.05, 0.1) is 11.4 Å². The zero-order valence-electron chi connectivity index (χ0n) is 13.4. The molecule has 2 amide bonds. The van der Waals surface area contributed by atoms with E-state index in [4.69, 9.17) is 0 Å². The molecule has 2 aromatic carbocycles. The zero-order valence-corrected chi connectivity index (χ0v) is 14.2. The van der Waals surface area contributed by atoms with Gasteiger partial charge in [-0.2, -0.15) is 0 Å². The van der Waals surface area contributed by atoms with E-state index in [1.165, 1.54) is 12.1 Å². The van der Waals surface area contributed by atoms with E-state index in [2.05, 4.69) is 0 Å². The third kappa shape index (κ3) is 2.60. The van der Waals surface area contributed by atoms with Crippen LogP contribution in [-0.4, -0.2) is 32.5 Å². The van der Waals surface area contributed by atoms with Gasteiger partial charge in [-0.05, 0) is 36.2 Å². The maximum atomic E-state index is 12.9. The number of rotatable bonds is 2. The largest absolute Gasteiger partial charge is 0.308 e. The van der Waals surface area contributed by atoms with Gasteiger partial charge in [-0.25, -0.2) is 12.7 Å². The Balaban J connectivity index is 1.69. The van der Waals surface area contributed by atoms with Gasteiger partial charge < -0.3 is 4.90 Å². The number of carbonyl (C=O) groups is 2. The van der Waals surface area contributed by atoms with E-state index in [0.717, 1.165) is 22.0 Å². The van der Waals surface area contributed by atoms with Crippen molar-refractivity contribution in [1.82, 2.24) is 0 Å². The van der Waals surface area contributed by atoms with Crippen molar-refractivity contribution in [1.29, 1.82) is 0 Å². The minimum Gasteiger partial charge on any atom is -0.308 e. The van der Waals surface area contributed by atoms with Gasteiger partial charge in [-0.3, -0.25) is 9.59 Å². The molecule has 0 aliphatic carbocycles. The van der Waals surface area contributed by atoms with Gasteiger partial charge in [0.2, 0.25) is 15.9 Å². The standard InChI is InChI=1S/C18H16N2O4S/c21-17-9-11-25(23,24)20(17)15-6-3-5-14(12-15)18(22)19-10-8-13-4-1-2-7-16(13)19/h1-7,12H,8-11H2. The number of anilines is 2. The number of para-hydroxylation sites is 1. The molecule has 2 aromatic rings. The highest BCUT2D eigenvalue weighted by molar-refractivity contribution is 7.94. The molecule has 2 aliphatic heterocycles. The van der Waals surface area contributed by atoms with E-state index in [1.54, 1.807) is 17.0 Å². The molecule has 7 heteroatoms. The second-order valence-electron chi connectivity index (χ2n) is 6.11. The topological polar surface area (TPSA) is 74.8 Å². The van der Waals surface area contributed by atoms with E-state index in [1.807, 2.05) is 24.3 Å². The molecule has 0 aromatic heterocycles. The molecule has 2 heterocycles. The minimum absolute atomic E-state index is 0.0278. The van der Waals surface area contributed by atoms with E-state index < -0.39 is 15.9 Å². The van der Waals surface area contributed by atoms with Crippen LogP contribution in [0.25, 0.3) is 0 Å². The third-order valence-electron chi connectivity index (χ3n) is 4.54. The molecule has 4 rings (SSSR count). The molecule has 1 saturated heterocycles. The summed E-state index contributed by atoms with van der Waals surface area (Å²) in [5.74, 6) is -0.851. The van der Waals surface area contributed by atoms with Crippen LogP contribution in [0.3, 0.4) is 0 Å². The van der Waals surface area contributed by atoms with E-state index >= 15 is 0 Å². The Labute approximate surface area is 145 Å². The van der Waals surface area contributed by atoms with Gasteiger partial charge in [0.15, 0.2) is 0 Å². The van der Waals surface area contributed by atoms with Gasteiger partial charge in [0.1, 0.15) is 0 Å². The van der Waals surface area contributed by atoms with Gasteiger partial charge in [0.25, 0.3) is 5.91 Å². The zero-order chi connectivity index (χ0) is 17.6. The van der Waals surface area contributed by atoms with Crippen molar-refractivity contribution in [2.75, 3.05) is 21.5 Å². The average molecular weight is 356 g/mol. The number of nitrogens with zero attached hydrogens (tertiary/aromatic N) is 2. The van der Waals surface area contributed by atoms with Crippen LogP contribution in [0.1, 0.15) is 22.3 Å². The van der Waals surface area contributed by atoms with Gasteiger partial charge in [-0.15, -0.1) is 0 Å². The number of hydrogen-bond donors (Lipinski definition) is 0. The first-order valence-corrected chi connectivity index (χ1v) is 9.64. The average Bonchev–Trinajstić information content (AvgIpc) is 3.15. The fourth-order valence-electron chi connectivity index (χ4n) is 3.34. The molecule has 25 heavy (non-hydrogen) atoms. The summed E-state index contributed by atoms with van der Waals surface area (Å²) in [4.78, 5) is 26.5. The summed E-state index contributed by atoms with van der Waals surface area (Å²) in [5.41, 5.74) is 2.58. The molecule has 0 radical (unpaired) electrons. The molecule has 0 atom stereocenters. The summed E-state index contributed by atoms with van der Waals surface area (Å²) in [6, 6.07) is 14.0. The first-order valence-electron chi connectivity index (χ1n) is 8.03. The third-order valence-corrected chi connectivity index (χ3v) is 6.23. The van der Waals surface area contributed by atoms with Gasteiger partial charge in [-0.1, -0.05) is 24.3 Å². The number of benzene rings is 2. The summed E-state index contributed by atoms with van der Waals surface area (Å²) in [7, 11) is -3.64. The lowest BCUT2D eigenvalue weighted by Gasteiger charge is -2.19. The van der Waals surface area contributed by atoms with Crippen LogP contribution in [0.5, 0.6) is 0 Å². The molecule has 0 unspecified atom stereocenters. The van der Waals surface area contributed by atoms with Crippen molar-refractivity contribution < 1.29 is 18.0 Å². The predicted octanol–water partition coefficient (Wildman–Crippen LogP) is 1.96. The lowest BCUT2D eigenvalue weighted by atomic mass is 10.1. The summed E-state index contributed by atoms with van der Waals surface area (Å²) in [6.45, 7) is 0.587. The first-order chi connectivity index (χ1) is 12.0. The Morgan fingerprint density at radius 3 is 2.56 bits per heavy atom. The van der Waals surface area contributed by atoms with Crippen LogP contribution in [0.4, 0.5) is 11.4 Å². The Hall–Kier alpha value is -2.67. The van der Waals surface area contributed by atoms with Crippen molar-refractivity contribution in [3.05, 3.63) is 59.7 Å². The van der Waals surface area contributed by atoms with Crippen molar-refractivity contribution >= 4 is 33.2 Å². The number of amides is 2. The van der Waals surface area contributed by atoms with Crippen molar-refractivity contribution in [3.8, 4) is 0 Å². The second kappa shape index (κ2) is 5.70. The highest BCUT2D eigenvalue weighted by Gasteiger charge is 2.36. The fraction of sp³-hybridized carbons (Fsp3) is 0.222. The summed E-state index contributed by atoms with van der Waals surface area (Å²) < 4.78 is 25.0. The Morgan fingerprint density at radius 1 is 1.00 bits per heavy atom. The molecule has 6 nitrogen and oxygen atoms in total. The number of fused-ring (bicyclic) bond motifs is 1. The monoisotopic (exact) mass is 356 g/mol. The Bertz CT molecular complexity index is 984. The molecule has 0 bridgehead atoms. The maximum Gasteiger partial charge on any atom is 0.258 e. The highest BCUT2D eigenvalue weighted by atomic mass is 32.2. The number of hydrogen-bond acceptors (Lipinski definition) is 4. The van der Waals surface area contributed by atoms with Gasteiger partial charge >= 0.3 is 0 Å². The second-order valence-corrected chi connectivity index (χ2v) is 8.05. The minimum atomic E-state index is -3.64. The maximum absolute atomic E-state index is 12.9. The highest BCUT2D eigenvalue weighted by Crippen LogP contribution is 2.30. The predicted molar refractivity (Wildman–Crippen MR) is 94.2 cm³/mol. The van der Waals surface area contributed by atoms with Gasteiger partial charge in [0, 0.05) is 24.2 Å². The lowest BCUT2D eigenvalue weighted by Crippen LogP contribution is -2.31. The quantitative estimate of drug-likeness (QED) is 0.824.